The molecule has 6 heteroatoms. The lowest BCUT2D eigenvalue weighted by Crippen LogP contribution is -2.64. The molecule has 1 atom stereocenters. The van der Waals surface area contributed by atoms with Crippen LogP contribution < -0.4 is 10.6 Å². The maximum Gasteiger partial charge on any atom is 0.191 e. The Morgan fingerprint density at radius 2 is 1.95 bits per heavy atom. The van der Waals surface area contributed by atoms with Crippen LogP contribution in [0.15, 0.2) is 4.99 Å². The summed E-state index contributed by atoms with van der Waals surface area (Å²) in [6.07, 6.45) is 2.15. The van der Waals surface area contributed by atoms with Crippen molar-refractivity contribution in [2.24, 2.45) is 4.99 Å². The summed E-state index contributed by atoms with van der Waals surface area (Å²) in [4.78, 5) is 9.53. The van der Waals surface area contributed by atoms with Crippen LogP contribution in [0.25, 0.3) is 0 Å². The first-order valence-electron chi connectivity index (χ1n) is 7.86. The van der Waals surface area contributed by atoms with Gasteiger partial charge in [-0.2, -0.15) is 0 Å². The molecule has 6 nitrogen and oxygen atoms in total. The second-order valence-corrected chi connectivity index (χ2v) is 5.97. The average Bonchev–Trinajstić information content (AvgIpc) is 2.53. The van der Waals surface area contributed by atoms with E-state index in [1.807, 2.05) is 7.05 Å². The molecular weight excluding hydrogens is 254 g/mol. The maximum absolute atomic E-state index is 5.39. The molecule has 4 aliphatic rings. The van der Waals surface area contributed by atoms with Crippen molar-refractivity contribution in [3.8, 4) is 0 Å². The van der Waals surface area contributed by atoms with Crippen LogP contribution in [-0.4, -0.2) is 87.4 Å². The number of hydrogen-bond acceptors (Lipinski definition) is 4. The van der Waals surface area contributed by atoms with Gasteiger partial charge in [-0.1, -0.05) is 0 Å². The normalized spacial score (nSPS) is 35.0. The molecule has 0 radical (unpaired) electrons. The largest absolute Gasteiger partial charge is 0.381 e. The van der Waals surface area contributed by atoms with Gasteiger partial charge in [0.1, 0.15) is 0 Å². The van der Waals surface area contributed by atoms with Crippen LogP contribution in [0.2, 0.25) is 0 Å². The van der Waals surface area contributed by atoms with E-state index in [0.717, 1.165) is 38.6 Å². The Morgan fingerprint density at radius 3 is 2.55 bits per heavy atom. The van der Waals surface area contributed by atoms with Gasteiger partial charge in [0.25, 0.3) is 0 Å². The quantitative estimate of drug-likeness (QED) is 0.531. The van der Waals surface area contributed by atoms with E-state index in [-0.39, 0.29) is 0 Å². The Labute approximate surface area is 121 Å². The monoisotopic (exact) mass is 281 g/mol. The third-order valence-electron chi connectivity index (χ3n) is 4.68. The van der Waals surface area contributed by atoms with Crippen molar-refractivity contribution in [2.45, 2.75) is 24.9 Å². The fourth-order valence-electron chi connectivity index (χ4n) is 3.36. The molecule has 2 bridgehead atoms. The molecule has 1 unspecified atom stereocenters. The molecule has 4 saturated heterocycles. The van der Waals surface area contributed by atoms with E-state index in [9.17, 15) is 0 Å². The molecule has 0 amide bonds. The molecule has 4 aliphatic heterocycles. The standard InChI is InChI=1S/C14H27N5O/c1-15-14(17-12-2-8-20-9-3-12)16-10-13-11-18-4-6-19(13)7-5-18/h12-13H,2-11H2,1H3,(H2,15,16,17). The summed E-state index contributed by atoms with van der Waals surface area (Å²) in [5.74, 6) is 0.939. The Hall–Kier alpha value is -0.850. The van der Waals surface area contributed by atoms with Crippen LogP contribution in [0.4, 0.5) is 0 Å². The van der Waals surface area contributed by atoms with E-state index < -0.39 is 0 Å². The van der Waals surface area contributed by atoms with Crippen LogP contribution in [0.5, 0.6) is 0 Å². The van der Waals surface area contributed by atoms with E-state index in [2.05, 4.69) is 25.4 Å². The Morgan fingerprint density at radius 1 is 1.20 bits per heavy atom. The highest BCUT2D eigenvalue weighted by Crippen LogP contribution is 2.14. The van der Waals surface area contributed by atoms with Crippen molar-refractivity contribution in [2.75, 3.05) is 59.5 Å². The summed E-state index contributed by atoms with van der Waals surface area (Å²) in [5, 5.41) is 7.02. The number of nitrogens with one attached hydrogen (secondary N) is 2. The van der Waals surface area contributed by atoms with Gasteiger partial charge in [0.2, 0.25) is 0 Å². The van der Waals surface area contributed by atoms with Gasteiger partial charge >= 0.3 is 0 Å². The topological polar surface area (TPSA) is 52.1 Å². The SMILES string of the molecule is CN=C(NCC1CN2CCN1CC2)NC1CCOCC1. The fraction of sp³-hybridized carbons (Fsp3) is 0.929. The predicted octanol–water partition coefficient (Wildman–Crippen LogP) is -0.670. The smallest absolute Gasteiger partial charge is 0.191 e. The van der Waals surface area contributed by atoms with E-state index in [1.54, 1.807) is 0 Å². The molecule has 0 saturated carbocycles. The third-order valence-corrected chi connectivity index (χ3v) is 4.68. The molecule has 0 aliphatic carbocycles. The zero-order valence-corrected chi connectivity index (χ0v) is 12.5. The Bertz CT molecular complexity index is 334. The number of nitrogens with zero attached hydrogens (tertiary/aromatic N) is 3. The van der Waals surface area contributed by atoms with Crippen LogP contribution in [0.1, 0.15) is 12.8 Å². The highest BCUT2D eigenvalue weighted by molar-refractivity contribution is 5.80. The van der Waals surface area contributed by atoms with Gasteiger partial charge in [0, 0.05) is 71.6 Å². The molecule has 114 valence electrons. The molecule has 4 fully saturated rings. The fourth-order valence-corrected chi connectivity index (χ4v) is 3.36. The van der Waals surface area contributed by atoms with E-state index in [0.29, 0.717) is 12.1 Å². The molecular formula is C14H27N5O. The Balaban J connectivity index is 1.44. The first kappa shape index (κ1) is 14.1. The van der Waals surface area contributed by atoms with Crippen molar-refractivity contribution >= 4 is 5.96 Å². The summed E-state index contributed by atoms with van der Waals surface area (Å²) < 4.78 is 5.39. The lowest BCUT2D eigenvalue weighted by Gasteiger charge is -2.47. The van der Waals surface area contributed by atoms with Gasteiger partial charge in [-0.25, -0.2) is 0 Å². The Kier molecular flexibility index (Phi) is 4.75. The highest BCUT2D eigenvalue weighted by atomic mass is 16.5. The summed E-state index contributed by atoms with van der Waals surface area (Å²) >= 11 is 0. The van der Waals surface area contributed by atoms with Gasteiger partial charge < -0.3 is 15.4 Å². The lowest BCUT2D eigenvalue weighted by atomic mass is 10.1. The molecule has 0 aromatic carbocycles. The molecule has 0 aromatic rings. The van der Waals surface area contributed by atoms with Gasteiger partial charge in [-0.05, 0) is 12.8 Å². The minimum absolute atomic E-state index is 0.502. The van der Waals surface area contributed by atoms with Crippen molar-refractivity contribution in [3.63, 3.8) is 0 Å². The van der Waals surface area contributed by atoms with E-state index in [4.69, 9.17) is 4.74 Å². The zero-order chi connectivity index (χ0) is 13.8. The molecule has 4 rings (SSSR count). The van der Waals surface area contributed by atoms with Crippen LogP contribution >= 0.6 is 0 Å². The van der Waals surface area contributed by atoms with Crippen molar-refractivity contribution in [3.05, 3.63) is 0 Å². The maximum atomic E-state index is 5.39. The summed E-state index contributed by atoms with van der Waals surface area (Å²) in [7, 11) is 1.85. The molecule has 0 aromatic heterocycles. The van der Waals surface area contributed by atoms with Crippen LogP contribution in [0, 0.1) is 0 Å². The summed E-state index contributed by atoms with van der Waals surface area (Å²) in [6, 6.07) is 1.13. The van der Waals surface area contributed by atoms with E-state index >= 15 is 0 Å². The number of piperazine rings is 3. The predicted molar refractivity (Wildman–Crippen MR) is 80.1 cm³/mol. The summed E-state index contributed by atoms with van der Waals surface area (Å²) in [5.41, 5.74) is 0. The minimum Gasteiger partial charge on any atom is -0.381 e. The average molecular weight is 281 g/mol. The van der Waals surface area contributed by atoms with Crippen molar-refractivity contribution < 1.29 is 4.74 Å². The van der Waals surface area contributed by atoms with Crippen LogP contribution in [0.3, 0.4) is 0 Å². The molecule has 4 heterocycles. The first-order valence-corrected chi connectivity index (χ1v) is 7.86. The third kappa shape index (κ3) is 3.42. The first-order chi connectivity index (χ1) is 9.85. The van der Waals surface area contributed by atoms with Gasteiger partial charge in [0.15, 0.2) is 5.96 Å². The zero-order valence-electron chi connectivity index (χ0n) is 12.5. The second-order valence-electron chi connectivity index (χ2n) is 5.97. The van der Waals surface area contributed by atoms with Crippen molar-refractivity contribution in [1.82, 2.24) is 20.4 Å². The van der Waals surface area contributed by atoms with Gasteiger partial charge in [-0.3, -0.25) is 14.8 Å². The van der Waals surface area contributed by atoms with E-state index in [1.165, 1.54) is 32.7 Å². The minimum atomic E-state index is 0.502. The second kappa shape index (κ2) is 6.74. The lowest BCUT2D eigenvalue weighted by molar-refractivity contribution is 0.0153. The number of fused-ring (bicyclic) bond motifs is 3. The van der Waals surface area contributed by atoms with Gasteiger partial charge in [0.05, 0.1) is 0 Å². The number of aliphatic imine (C=N–C) groups is 1. The number of guanidine groups is 1. The summed E-state index contributed by atoms with van der Waals surface area (Å²) in [6.45, 7) is 8.83. The number of rotatable bonds is 3. The number of ether oxygens (including phenoxy) is 1. The highest BCUT2D eigenvalue weighted by Gasteiger charge is 2.31. The van der Waals surface area contributed by atoms with Crippen molar-refractivity contribution in [1.29, 1.82) is 0 Å². The van der Waals surface area contributed by atoms with Gasteiger partial charge in [-0.15, -0.1) is 0 Å². The molecule has 2 N–H and O–H groups in total. The number of hydrogen-bond donors (Lipinski definition) is 2. The molecule has 0 spiro atoms. The molecule has 20 heavy (non-hydrogen) atoms. The van der Waals surface area contributed by atoms with Crippen LogP contribution in [-0.2, 0) is 4.74 Å².